The third kappa shape index (κ3) is 4.25. The zero-order chi connectivity index (χ0) is 22.0. The van der Waals surface area contributed by atoms with E-state index in [0.717, 1.165) is 11.1 Å². The molecule has 0 aliphatic carbocycles. The Kier molecular flexibility index (Phi) is 5.41. The quantitative estimate of drug-likeness (QED) is 0.487. The second-order valence-corrected chi connectivity index (χ2v) is 8.14. The van der Waals surface area contributed by atoms with Crippen molar-refractivity contribution in [3.8, 4) is 5.75 Å². The topological polar surface area (TPSA) is 96.3 Å². The molecule has 0 bridgehead atoms. The van der Waals surface area contributed by atoms with Crippen LogP contribution < -0.4 is 9.64 Å². The van der Waals surface area contributed by atoms with Gasteiger partial charge in [-0.25, -0.2) is 4.99 Å². The van der Waals surface area contributed by atoms with Crippen molar-refractivity contribution >= 4 is 33.6 Å². The molecule has 1 aliphatic heterocycles. The van der Waals surface area contributed by atoms with E-state index in [9.17, 15) is 17.8 Å². The molecule has 8 heteroatoms. The number of rotatable bonds is 5. The minimum absolute atomic E-state index is 0.239. The van der Waals surface area contributed by atoms with Gasteiger partial charge < -0.3 is 4.74 Å². The first-order valence-corrected chi connectivity index (χ1v) is 10.7. The fourth-order valence-electron chi connectivity index (χ4n) is 3.16. The lowest BCUT2D eigenvalue weighted by molar-refractivity contribution is -0.113. The molecule has 0 radical (unpaired) electrons. The number of hydrogen-bond donors (Lipinski definition) is 1. The van der Waals surface area contributed by atoms with Crippen LogP contribution >= 0.6 is 0 Å². The first-order valence-electron chi connectivity index (χ1n) is 9.29. The maximum absolute atomic E-state index is 13.2. The minimum Gasteiger partial charge on any atom is -0.497 e. The van der Waals surface area contributed by atoms with Crippen LogP contribution in [0.5, 0.6) is 5.75 Å². The van der Waals surface area contributed by atoms with Crippen LogP contribution in [-0.2, 0) is 14.9 Å². The summed E-state index contributed by atoms with van der Waals surface area (Å²) in [5.41, 5.74) is 2.18. The fraction of sp³-hybridized carbons (Fsp3) is 0.0435. The second kappa shape index (κ2) is 8.17. The highest BCUT2D eigenvalue weighted by Gasteiger charge is 2.32. The zero-order valence-electron chi connectivity index (χ0n) is 16.5. The highest BCUT2D eigenvalue weighted by molar-refractivity contribution is 7.85. The molecule has 3 aromatic carbocycles. The van der Waals surface area contributed by atoms with E-state index in [1.807, 2.05) is 42.5 Å². The predicted molar refractivity (Wildman–Crippen MR) is 118 cm³/mol. The van der Waals surface area contributed by atoms with E-state index in [2.05, 4.69) is 4.99 Å². The molecule has 0 unspecified atom stereocenters. The Balaban J connectivity index is 1.77. The van der Waals surface area contributed by atoms with Crippen LogP contribution in [0.15, 0.2) is 94.4 Å². The summed E-state index contributed by atoms with van der Waals surface area (Å²) < 4.78 is 37.1. The largest absolute Gasteiger partial charge is 0.497 e. The average Bonchev–Trinajstić information content (AvgIpc) is 3.10. The summed E-state index contributed by atoms with van der Waals surface area (Å²) in [5, 5.41) is 0. The summed E-state index contributed by atoms with van der Waals surface area (Å²) in [6, 6.07) is 21.8. The molecular weight excluding hydrogens is 416 g/mol. The molecule has 156 valence electrons. The summed E-state index contributed by atoms with van der Waals surface area (Å²) in [4.78, 5) is 19.0. The van der Waals surface area contributed by atoms with Gasteiger partial charge in [0.1, 0.15) is 17.3 Å². The van der Waals surface area contributed by atoms with Crippen molar-refractivity contribution in [1.29, 1.82) is 0 Å². The number of aliphatic imine (C=N–C) groups is 1. The summed E-state index contributed by atoms with van der Waals surface area (Å²) in [6.07, 6.45) is 1.68. The highest BCUT2D eigenvalue weighted by atomic mass is 32.2. The van der Waals surface area contributed by atoms with Gasteiger partial charge in [0, 0.05) is 5.56 Å². The molecular formula is C23H18N2O5S. The molecule has 0 fully saturated rings. The van der Waals surface area contributed by atoms with Gasteiger partial charge in [-0.15, -0.1) is 0 Å². The van der Waals surface area contributed by atoms with Crippen molar-refractivity contribution in [3.63, 3.8) is 0 Å². The van der Waals surface area contributed by atoms with Crippen LogP contribution in [-0.4, -0.2) is 31.8 Å². The van der Waals surface area contributed by atoms with E-state index in [-0.39, 0.29) is 16.5 Å². The summed E-state index contributed by atoms with van der Waals surface area (Å²) in [7, 11) is -2.76. The normalized spacial score (nSPS) is 15.3. The number of amidine groups is 1. The molecule has 4 rings (SSSR count). The zero-order valence-corrected chi connectivity index (χ0v) is 17.3. The van der Waals surface area contributed by atoms with E-state index in [4.69, 9.17) is 4.74 Å². The molecule has 0 spiro atoms. The molecule has 1 heterocycles. The average molecular weight is 434 g/mol. The molecule has 7 nitrogen and oxygen atoms in total. The van der Waals surface area contributed by atoms with Crippen molar-refractivity contribution in [2.45, 2.75) is 4.90 Å². The van der Waals surface area contributed by atoms with Gasteiger partial charge in [0.2, 0.25) is 0 Å². The third-order valence-corrected chi connectivity index (χ3v) is 5.57. The van der Waals surface area contributed by atoms with E-state index in [0.29, 0.717) is 17.3 Å². The standard InChI is InChI=1S/C23H18N2O5S/c1-30-19-11-7-16(8-12-19)15-21-23(26)25(22(24-21)17-5-3-2-4-6-17)18-9-13-20(14-10-18)31(27,28)29/h2-15H,1H3,(H,27,28,29). The number of carbonyl (C=O) groups excluding carboxylic acids is 1. The molecule has 0 aromatic heterocycles. The molecule has 3 aromatic rings. The van der Waals surface area contributed by atoms with Gasteiger partial charge in [0.25, 0.3) is 16.0 Å². The Morgan fingerprint density at radius 3 is 2.16 bits per heavy atom. The number of nitrogens with zero attached hydrogens (tertiary/aromatic N) is 2. The molecule has 0 atom stereocenters. The van der Waals surface area contributed by atoms with E-state index < -0.39 is 10.1 Å². The maximum Gasteiger partial charge on any atom is 0.294 e. The van der Waals surface area contributed by atoms with Gasteiger partial charge in [-0.2, -0.15) is 8.42 Å². The number of benzene rings is 3. The van der Waals surface area contributed by atoms with Gasteiger partial charge in [0.05, 0.1) is 17.7 Å². The lowest BCUT2D eigenvalue weighted by atomic mass is 10.1. The van der Waals surface area contributed by atoms with E-state index in [1.54, 1.807) is 25.3 Å². The Labute approximate surface area is 179 Å². The van der Waals surface area contributed by atoms with Gasteiger partial charge >= 0.3 is 0 Å². The van der Waals surface area contributed by atoms with Gasteiger partial charge in [-0.1, -0.05) is 42.5 Å². The molecule has 0 saturated heterocycles. The van der Waals surface area contributed by atoms with E-state index >= 15 is 0 Å². The maximum atomic E-state index is 13.2. The van der Waals surface area contributed by atoms with Crippen molar-refractivity contribution in [3.05, 3.63) is 95.7 Å². The number of amides is 1. The summed E-state index contributed by atoms with van der Waals surface area (Å²) >= 11 is 0. The van der Waals surface area contributed by atoms with Crippen molar-refractivity contribution in [1.82, 2.24) is 0 Å². The Morgan fingerprint density at radius 2 is 1.58 bits per heavy atom. The van der Waals surface area contributed by atoms with Crippen LogP contribution in [0.25, 0.3) is 6.08 Å². The van der Waals surface area contributed by atoms with Crippen LogP contribution in [0.1, 0.15) is 11.1 Å². The van der Waals surface area contributed by atoms with Crippen LogP contribution in [0, 0.1) is 0 Å². The number of hydrogen-bond acceptors (Lipinski definition) is 5. The van der Waals surface area contributed by atoms with Crippen molar-refractivity contribution in [2.24, 2.45) is 4.99 Å². The summed E-state index contributed by atoms with van der Waals surface area (Å²) in [6.45, 7) is 0. The Morgan fingerprint density at radius 1 is 0.935 bits per heavy atom. The molecule has 1 N–H and O–H groups in total. The van der Waals surface area contributed by atoms with Crippen molar-refractivity contribution < 1.29 is 22.5 Å². The number of ether oxygens (including phenoxy) is 1. The fourth-order valence-corrected chi connectivity index (χ4v) is 3.64. The number of anilines is 1. The second-order valence-electron chi connectivity index (χ2n) is 6.71. The minimum atomic E-state index is -4.33. The van der Waals surface area contributed by atoms with Gasteiger partial charge in [0.15, 0.2) is 0 Å². The van der Waals surface area contributed by atoms with Gasteiger partial charge in [-0.05, 0) is 48.0 Å². The highest BCUT2D eigenvalue weighted by Crippen LogP contribution is 2.29. The Bertz CT molecular complexity index is 1280. The number of carbonyl (C=O) groups is 1. The third-order valence-electron chi connectivity index (χ3n) is 4.70. The SMILES string of the molecule is COc1ccc(C=C2N=C(c3ccccc3)N(c3ccc(S(=O)(=O)O)cc3)C2=O)cc1. The van der Waals surface area contributed by atoms with Gasteiger partial charge in [-0.3, -0.25) is 14.2 Å². The Hall–Kier alpha value is -3.75. The first-order chi connectivity index (χ1) is 14.9. The summed E-state index contributed by atoms with van der Waals surface area (Å²) in [5.74, 6) is 0.771. The van der Waals surface area contributed by atoms with Crippen LogP contribution in [0.4, 0.5) is 5.69 Å². The first kappa shape index (κ1) is 20.5. The number of methoxy groups -OCH3 is 1. The van der Waals surface area contributed by atoms with Crippen LogP contribution in [0.2, 0.25) is 0 Å². The lowest BCUT2D eigenvalue weighted by Crippen LogP contribution is -2.32. The smallest absolute Gasteiger partial charge is 0.294 e. The van der Waals surface area contributed by atoms with E-state index in [1.165, 1.54) is 29.2 Å². The molecule has 1 aliphatic rings. The van der Waals surface area contributed by atoms with Crippen LogP contribution in [0.3, 0.4) is 0 Å². The molecule has 1 amide bonds. The molecule has 0 saturated carbocycles. The monoisotopic (exact) mass is 434 g/mol. The lowest BCUT2D eigenvalue weighted by Gasteiger charge is -2.18. The predicted octanol–water partition coefficient (Wildman–Crippen LogP) is 3.78. The van der Waals surface area contributed by atoms with Crippen molar-refractivity contribution in [2.75, 3.05) is 12.0 Å². The molecule has 31 heavy (non-hydrogen) atoms.